The smallest absolute Gasteiger partial charge is 0.174 e. The quantitative estimate of drug-likeness (QED) is 0.515. The third-order valence-corrected chi connectivity index (χ3v) is 7.14. The van der Waals surface area contributed by atoms with Gasteiger partial charge in [0, 0.05) is 49.6 Å². The minimum atomic E-state index is -0.00512. The van der Waals surface area contributed by atoms with Crippen LogP contribution in [0, 0.1) is 0 Å². The molecule has 0 unspecified atom stereocenters. The van der Waals surface area contributed by atoms with Crippen molar-refractivity contribution in [1.29, 1.82) is 0 Å². The first-order chi connectivity index (χ1) is 15.6. The molecule has 5 rings (SSSR count). The van der Waals surface area contributed by atoms with Gasteiger partial charge in [-0.05, 0) is 73.6 Å². The summed E-state index contributed by atoms with van der Waals surface area (Å²) in [5.74, 6) is 0. The number of rotatable bonds is 5. The molecule has 0 amide bonds. The standard InChI is InChI=1S/C26H31N5S/c1-29(2)19-13-15-21(16-14-19)31-25(24(28-26(31)32)22-11-6-7-17-27-22)23-12-8-18-30(23)20-9-4-3-5-10-20/h6-8,11-18,20,24-25H,3-5,9-10H2,1-2H3,(H,28,32)/t24-,25+/m1/s1. The summed E-state index contributed by atoms with van der Waals surface area (Å²) in [6.45, 7) is 0. The Morgan fingerprint density at radius 2 is 1.75 bits per heavy atom. The number of aromatic nitrogens is 2. The highest BCUT2D eigenvalue weighted by atomic mass is 32.1. The van der Waals surface area contributed by atoms with Crippen LogP contribution in [0.1, 0.15) is 61.6 Å². The van der Waals surface area contributed by atoms with E-state index in [1.165, 1.54) is 43.5 Å². The van der Waals surface area contributed by atoms with Crippen molar-refractivity contribution in [3.05, 3.63) is 78.4 Å². The van der Waals surface area contributed by atoms with Gasteiger partial charge in [-0.1, -0.05) is 25.3 Å². The first-order valence-corrected chi connectivity index (χ1v) is 12.0. The number of benzene rings is 1. The SMILES string of the molecule is CN(C)c1ccc(N2C(=S)N[C@H](c3ccccn3)[C@@H]2c2cccn2C2CCCCC2)cc1. The maximum atomic E-state index is 5.90. The molecule has 1 N–H and O–H groups in total. The highest BCUT2D eigenvalue weighted by Gasteiger charge is 2.42. The average molecular weight is 446 g/mol. The zero-order valence-electron chi connectivity index (χ0n) is 18.8. The maximum absolute atomic E-state index is 5.90. The van der Waals surface area contributed by atoms with E-state index in [0.717, 1.165) is 16.5 Å². The fourth-order valence-corrected chi connectivity index (χ4v) is 5.54. The first kappa shape index (κ1) is 21.0. The third kappa shape index (κ3) is 3.88. The Kier molecular flexibility index (Phi) is 5.87. The summed E-state index contributed by atoms with van der Waals surface area (Å²) in [6.07, 6.45) is 10.6. The number of anilines is 2. The van der Waals surface area contributed by atoms with Crippen molar-refractivity contribution in [2.45, 2.75) is 50.2 Å². The van der Waals surface area contributed by atoms with Gasteiger partial charge < -0.3 is 19.7 Å². The van der Waals surface area contributed by atoms with Gasteiger partial charge in [0.1, 0.15) is 6.04 Å². The van der Waals surface area contributed by atoms with Crippen molar-refractivity contribution in [2.75, 3.05) is 23.9 Å². The summed E-state index contributed by atoms with van der Waals surface area (Å²) in [7, 11) is 4.13. The predicted molar refractivity (Wildman–Crippen MR) is 135 cm³/mol. The highest BCUT2D eigenvalue weighted by Crippen LogP contribution is 2.43. The minimum absolute atomic E-state index is 0.00512. The molecule has 1 aliphatic heterocycles. The molecule has 0 spiro atoms. The van der Waals surface area contributed by atoms with Crippen LogP contribution < -0.4 is 15.1 Å². The van der Waals surface area contributed by atoms with Gasteiger partial charge in [0.05, 0.1) is 11.7 Å². The predicted octanol–water partition coefficient (Wildman–Crippen LogP) is 5.63. The van der Waals surface area contributed by atoms with Crippen LogP contribution in [0.3, 0.4) is 0 Å². The fourth-order valence-electron chi connectivity index (χ4n) is 5.19. The summed E-state index contributed by atoms with van der Waals surface area (Å²) in [5, 5.41) is 4.35. The average Bonchev–Trinajstić information content (AvgIpc) is 3.44. The molecular formula is C26H31N5S. The summed E-state index contributed by atoms with van der Waals surface area (Å²) >= 11 is 5.90. The van der Waals surface area contributed by atoms with Crippen LogP contribution >= 0.6 is 12.2 Å². The Labute approximate surface area is 196 Å². The molecule has 1 saturated carbocycles. The van der Waals surface area contributed by atoms with Crippen molar-refractivity contribution in [1.82, 2.24) is 14.9 Å². The Hall–Kier alpha value is -2.86. The molecular weight excluding hydrogens is 414 g/mol. The number of nitrogens with one attached hydrogen (secondary N) is 1. The van der Waals surface area contributed by atoms with Gasteiger partial charge in [0.15, 0.2) is 5.11 Å². The first-order valence-electron chi connectivity index (χ1n) is 11.6. The zero-order chi connectivity index (χ0) is 22.1. The highest BCUT2D eigenvalue weighted by molar-refractivity contribution is 7.80. The molecule has 0 bridgehead atoms. The van der Waals surface area contributed by atoms with Gasteiger partial charge in [-0.15, -0.1) is 0 Å². The topological polar surface area (TPSA) is 36.3 Å². The van der Waals surface area contributed by atoms with Gasteiger partial charge in [-0.3, -0.25) is 4.98 Å². The van der Waals surface area contributed by atoms with Crippen LogP contribution in [-0.4, -0.2) is 28.8 Å². The van der Waals surface area contributed by atoms with Crippen molar-refractivity contribution in [3.63, 3.8) is 0 Å². The normalized spacial score (nSPS) is 21.6. The molecule has 3 heterocycles. The minimum Gasteiger partial charge on any atom is -0.378 e. The largest absolute Gasteiger partial charge is 0.378 e. The lowest BCUT2D eigenvalue weighted by Crippen LogP contribution is -2.31. The number of pyridine rings is 1. The van der Waals surface area contributed by atoms with Gasteiger partial charge in [0.25, 0.3) is 0 Å². The van der Waals surface area contributed by atoms with Crippen molar-refractivity contribution >= 4 is 28.7 Å². The Morgan fingerprint density at radius 3 is 2.44 bits per heavy atom. The van der Waals surface area contributed by atoms with Crippen LogP contribution in [0.15, 0.2) is 67.0 Å². The molecule has 0 radical (unpaired) electrons. The Balaban J connectivity index is 1.58. The van der Waals surface area contributed by atoms with Crippen molar-refractivity contribution in [2.24, 2.45) is 0 Å². The van der Waals surface area contributed by atoms with E-state index >= 15 is 0 Å². The number of thiocarbonyl (C=S) groups is 1. The van der Waals surface area contributed by atoms with E-state index in [-0.39, 0.29) is 12.1 Å². The summed E-state index contributed by atoms with van der Waals surface area (Å²) in [6, 6.07) is 19.8. The van der Waals surface area contributed by atoms with E-state index < -0.39 is 0 Å². The zero-order valence-corrected chi connectivity index (χ0v) is 19.6. The molecule has 1 aliphatic carbocycles. The number of nitrogens with zero attached hydrogens (tertiary/aromatic N) is 4. The molecule has 1 saturated heterocycles. The molecule has 32 heavy (non-hydrogen) atoms. The van der Waals surface area contributed by atoms with E-state index in [9.17, 15) is 0 Å². The Bertz CT molecular complexity index is 1050. The molecule has 2 fully saturated rings. The van der Waals surface area contributed by atoms with Crippen LogP contribution in [0.2, 0.25) is 0 Å². The van der Waals surface area contributed by atoms with Crippen molar-refractivity contribution < 1.29 is 0 Å². The summed E-state index contributed by atoms with van der Waals surface area (Å²) in [4.78, 5) is 9.10. The Morgan fingerprint density at radius 1 is 0.969 bits per heavy atom. The van der Waals surface area contributed by atoms with Crippen LogP contribution in [0.4, 0.5) is 11.4 Å². The summed E-state index contributed by atoms with van der Waals surface area (Å²) in [5.41, 5.74) is 4.60. The van der Waals surface area contributed by atoms with Crippen LogP contribution in [0.25, 0.3) is 0 Å². The lowest BCUT2D eigenvalue weighted by Gasteiger charge is -2.32. The molecule has 3 aromatic rings. The number of hydrogen-bond acceptors (Lipinski definition) is 3. The monoisotopic (exact) mass is 445 g/mol. The van der Waals surface area contributed by atoms with Crippen molar-refractivity contribution in [3.8, 4) is 0 Å². The van der Waals surface area contributed by atoms with E-state index in [2.05, 4.69) is 88.5 Å². The fraction of sp³-hybridized carbons (Fsp3) is 0.385. The second kappa shape index (κ2) is 8.94. The summed E-state index contributed by atoms with van der Waals surface area (Å²) < 4.78 is 2.51. The van der Waals surface area contributed by atoms with E-state index in [1.807, 2.05) is 12.3 Å². The number of hydrogen-bond donors (Lipinski definition) is 1. The van der Waals surface area contributed by atoms with E-state index in [1.54, 1.807) is 0 Å². The van der Waals surface area contributed by atoms with Gasteiger partial charge >= 0.3 is 0 Å². The van der Waals surface area contributed by atoms with Gasteiger partial charge in [-0.25, -0.2) is 0 Å². The molecule has 6 heteroatoms. The lowest BCUT2D eigenvalue weighted by atomic mass is 9.94. The second-order valence-corrected chi connectivity index (χ2v) is 9.43. The molecule has 1 aromatic carbocycles. The molecule has 5 nitrogen and oxygen atoms in total. The van der Waals surface area contributed by atoms with E-state index in [4.69, 9.17) is 17.2 Å². The molecule has 2 atom stereocenters. The molecule has 166 valence electrons. The van der Waals surface area contributed by atoms with Crippen LogP contribution in [0.5, 0.6) is 0 Å². The van der Waals surface area contributed by atoms with Gasteiger partial charge in [0.2, 0.25) is 0 Å². The third-order valence-electron chi connectivity index (χ3n) is 6.83. The van der Waals surface area contributed by atoms with Crippen LogP contribution in [-0.2, 0) is 0 Å². The maximum Gasteiger partial charge on any atom is 0.174 e. The lowest BCUT2D eigenvalue weighted by molar-refractivity contribution is 0.340. The molecule has 2 aliphatic rings. The van der Waals surface area contributed by atoms with E-state index in [0.29, 0.717) is 6.04 Å². The molecule has 2 aromatic heterocycles. The second-order valence-electron chi connectivity index (χ2n) is 9.04. The van der Waals surface area contributed by atoms with Gasteiger partial charge in [-0.2, -0.15) is 0 Å².